The van der Waals surface area contributed by atoms with Crippen molar-refractivity contribution in [3.05, 3.63) is 47.1 Å². The van der Waals surface area contributed by atoms with Gasteiger partial charge in [0, 0.05) is 22.0 Å². The fourth-order valence-corrected chi connectivity index (χ4v) is 4.80. The maximum Gasteiger partial charge on any atom is 0.172 e. The summed E-state index contributed by atoms with van der Waals surface area (Å²) in [6, 6.07) is 7.56. The molecule has 0 saturated carbocycles. The Balaban J connectivity index is 1.67. The van der Waals surface area contributed by atoms with Crippen LogP contribution in [0.15, 0.2) is 28.8 Å². The molecule has 1 N–H and O–H groups in total. The van der Waals surface area contributed by atoms with E-state index in [1.807, 2.05) is 39.0 Å². The highest BCUT2D eigenvalue weighted by atomic mass is 16.6. The van der Waals surface area contributed by atoms with Crippen molar-refractivity contribution in [2.75, 3.05) is 20.3 Å². The number of hydrogen-bond acceptors (Lipinski definition) is 8. The molecule has 0 unspecified atom stereocenters. The number of hydrogen-bond donors (Lipinski definition) is 1. The molecule has 176 valence electrons. The van der Waals surface area contributed by atoms with Crippen LogP contribution >= 0.6 is 0 Å². The summed E-state index contributed by atoms with van der Waals surface area (Å²) >= 11 is 0. The van der Waals surface area contributed by atoms with Crippen LogP contribution in [0.3, 0.4) is 0 Å². The third-order valence-corrected chi connectivity index (χ3v) is 6.29. The number of carbonyl (C=O) groups is 1. The van der Waals surface area contributed by atoms with E-state index in [0.29, 0.717) is 59.0 Å². The number of rotatable bonds is 4. The summed E-state index contributed by atoms with van der Waals surface area (Å²) in [7, 11) is 1.64. The third-order valence-electron chi connectivity index (χ3n) is 6.29. The van der Waals surface area contributed by atoms with Crippen molar-refractivity contribution >= 4 is 28.2 Å². The zero-order valence-electron chi connectivity index (χ0n) is 19.7. The second-order valence-corrected chi connectivity index (χ2v) is 8.44. The number of carbonyl (C=O) groups excluding carboxylic acids is 1. The molecule has 35 heavy (non-hydrogen) atoms. The molecule has 4 heterocycles. The van der Waals surface area contributed by atoms with E-state index >= 15 is 0 Å². The average molecular weight is 470 g/mol. The molecule has 6 rings (SSSR count). The van der Waals surface area contributed by atoms with E-state index in [0.717, 1.165) is 45.0 Å². The lowest BCUT2D eigenvalue weighted by Gasteiger charge is -2.22. The lowest BCUT2D eigenvalue weighted by atomic mass is 9.99. The minimum absolute atomic E-state index is 0.379. The Morgan fingerprint density at radius 3 is 2.54 bits per heavy atom. The summed E-state index contributed by atoms with van der Waals surface area (Å²) in [6.07, 6.45) is 0.769. The maximum absolute atomic E-state index is 11.6. The van der Waals surface area contributed by atoms with E-state index in [9.17, 15) is 4.79 Å². The molecule has 1 aliphatic rings. The minimum atomic E-state index is 0.379. The number of fused-ring (bicyclic) bond motifs is 4. The van der Waals surface area contributed by atoms with Crippen LogP contribution < -0.4 is 14.2 Å². The Morgan fingerprint density at radius 1 is 1.03 bits per heavy atom. The largest absolute Gasteiger partial charge is 0.496 e. The Morgan fingerprint density at radius 2 is 1.83 bits per heavy atom. The van der Waals surface area contributed by atoms with Crippen LogP contribution in [-0.2, 0) is 0 Å². The molecular formula is C26H22N4O5. The highest BCUT2D eigenvalue weighted by Gasteiger charge is 2.26. The zero-order chi connectivity index (χ0) is 24.3. The van der Waals surface area contributed by atoms with E-state index in [1.165, 1.54) is 0 Å². The maximum atomic E-state index is 11.6. The number of methoxy groups -OCH3 is 1. The molecule has 1 aliphatic heterocycles. The molecule has 0 radical (unpaired) electrons. The smallest absolute Gasteiger partial charge is 0.172 e. The van der Waals surface area contributed by atoms with Crippen LogP contribution in [0.25, 0.3) is 44.3 Å². The first kappa shape index (κ1) is 21.2. The molecule has 0 aliphatic carbocycles. The summed E-state index contributed by atoms with van der Waals surface area (Å²) in [5.41, 5.74) is 5.97. The van der Waals surface area contributed by atoms with Gasteiger partial charge in [0.05, 0.1) is 35.0 Å². The van der Waals surface area contributed by atoms with Crippen molar-refractivity contribution in [3.8, 4) is 39.6 Å². The van der Waals surface area contributed by atoms with Gasteiger partial charge in [-0.2, -0.15) is 0 Å². The van der Waals surface area contributed by atoms with Gasteiger partial charge >= 0.3 is 0 Å². The van der Waals surface area contributed by atoms with E-state index in [-0.39, 0.29) is 0 Å². The molecule has 0 atom stereocenters. The molecule has 9 heteroatoms. The summed E-state index contributed by atoms with van der Waals surface area (Å²) < 4.78 is 22.9. The van der Waals surface area contributed by atoms with Gasteiger partial charge in [-0.05, 0) is 45.0 Å². The Hall–Kier alpha value is -4.40. The number of ether oxygens (including phenoxy) is 3. The molecule has 0 spiro atoms. The van der Waals surface area contributed by atoms with Crippen molar-refractivity contribution in [2.45, 2.75) is 20.8 Å². The topological polar surface area (TPSA) is 112 Å². The zero-order valence-corrected chi connectivity index (χ0v) is 19.7. The Bertz CT molecular complexity index is 1630. The fraction of sp³-hybridized carbons (Fsp3) is 0.231. The van der Waals surface area contributed by atoms with Crippen molar-refractivity contribution in [3.63, 3.8) is 0 Å². The number of H-pyrrole nitrogens is 1. The number of aldehydes is 1. The van der Waals surface area contributed by atoms with Gasteiger partial charge in [-0.3, -0.25) is 4.79 Å². The molecule has 5 aromatic rings. The van der Waals surface area contributed by atoms with Crippen LogP contribution in [-0.4, -0.2) is 46.7 Å². The van der Waals surface area contributed by atoms with E-state index < -0.39 is 0 Å². The first-order valence-corrected chi connectivity index (χ1v) is 11.2. The van der Waals surface area contributed by atoms with Gasteiger partial charge in [0.1, 0.15) is 36.2 Å². The summed E-state index contributed by atoms with van der Waals surface area (Å²) in [6.45, 7) is 6.39. The number of benzene rings is 2. The van der Waals surface area contributed by atoms with Crippen LogP contribution in [0.4, 0.5) is 0 Å². The molecule has 0 saturated heterocycles. The number of aromatic amines is 1. The molecule has 9 nitrogen and oxygen atoms in total. The normalized spacial score (nSPS) is 12.9. The van der Waals surface area contributed by atoms with E-state index in [2.05, 4.69) is 15.1 Å². The highest BCUT2D eigenvalue weighted by Crippen LogP contribution is 2.46. The second kappa shape index (κ2) is 7.83. The standard InChI is InChI=1S/C26H22N4O5/c1-12-21(13(2)35-30-12)18-9-19-17(10-20(18)32-4)22-23(27-14(3)28-26(22)29-19)16-6-5-15(11-31)24-25(16)34-8-7-33-24/h5-6,9-11H,7-8H2,1-4H3,(H,27,28,29). The third kappa shape index (κ3) is 3.15. The summed E-state index contributed by atoms with van der Waals surface area (Å²) in [5, 5.41) is 5.82. The van der Waals surface area contributed by atoms with E-state index in [1.54, 1.807) is 13.2 Å². The fourth-order valence-electron chi connectivity index (χ4n) is 4.80. The lowest BCUT2D eigenvalue weighted by molar-refractivity contribution is 0.111. The molecular weight excluding hydrogens is 448 g/mol. The molecule has 0 bridgehead atoms. The van der Waals surface area contributed by atoms with Crippen LogP contribution in [0, 0.1) is 20.8 Å². The van der Waals surface area contributed by atoms with E-state index in [4.69, 9.17) is 23.7 Å². The SMILES string of the molecule is COc1cc2c(cc1-c1c(C)noc1C)[nH]c1nc(C)nc(-c3ccc(C=O)c4c3OCCO4)c12. The Labute approximate surface area is 200 Å². The lowest BCUT2D eigenvalue weighted by Crippen LogP contribution is -2.17. The predicted octanol–water partition coefficient (Wildman–Crippen LogP) is 4.95. The first-order valence-electron chi connectivity index (χ1n) is 11.2. The van der Waals surface area contributed by atoms with Crippen molar-refractivity contribution in [2.24, 2.45) is 0 Å². The highest BCUT2D eigenvalue weighted by molar-refractivity contribution is 6.14. The quantitative estimate of drug-likeness (QED) is 0.367. The number of aryl methyl sites for hydroxylation is 3. The first-order chi connectivity index (χ1) is 17.0. The van der Waals surface area contributed by atoms with Crippen molar-refractivity contribution in [1.82, 2.24) is 20.1 Å². The molecule has 0 amide bonds. The van der Waals surface area contributed by atoms with Gasteiger partial charge in [0.15, 0.2) is 17.8 Å². The van der Waals surface area contributed by atoms with Gasteiger partial charge in [-0.1, -0.05) is 5.16 Å². The minimum Gasteiger partial charge on any atom is -0.496 e. The summed E-state index contributed by atoms with van der Waals surface area (Å²) in [4.78, 5) is 24.5. The predicted molar refractivity (Wildman–Crippen MR) is 129 cm³/mol. The van der Waals surface area contributed by atoms with Crippen molar-refractivity contribution in [1.29, 1.82) is 0 Å². The molecule has 2 aromatic carbocycles. The Kier molecular flexibility index (Phi) is 4.73. The average Bonchev–Trinajstić information content (AvgIpc) is 3.39. The second-order valence-electron chi connectivity index (χ2n) is 8.44. The van der Waals surface area contributed by atoms with Crippen LogP contribution in [0.1, 0.15) is 27.6 Å². The molecule has 3 aromatic heterocycles. The van der Waals surface area contributed by atoms with Gasteiger partial charge in [-0.25, -0.2) is 9.97 Å². The number of nitrogens with zero attached hydrogens (tertiary/aromatic N) is 3. The number of aromatic nitrogens is 4. The monoisotopic (exact) mass is 470 g/mol. The van der Waals surface area contributed by atoms with Gasteiger partial charge in [0.25, 0.3) is 0 Å². The summed E-state index contributed by atoms with van der Waals surface area (Å²) in [5.74, 6) is 2.94. The molecule has 0 fully saturated rings. The van der Waals surface area contributed by atoms with Crippen LogP contribution in [0.2, 0.25) is 0 Å². The van der Waals surface area contributed by atoms with Gasteiger partial charge in [-0.15, -0.1) is 0 Å². The number of nitrogens with one attached hydrogen (secondary N) is 1. The van der Waals surface area contributed by atoms with Gasteiger partial charge in [0.2, 0.25) is 0 Å². The van der Waals surface area contributed by atoms with Crippen LogP contribution in [0.5, 0.6) is 17.2 Å². The van der Waals surface area contributed by atoms with Gasteiger partial charge < -0.3 is 23.7 Å². The van der Waals surface area contributed by atoms with Crippen molar-refractivity contribution < 1.29 is 23.5 Å².